The van der Waals surface area contributed by atoms with Gasteiger partial charge in [-0.05, 0) is 91.4 Å². The smallest absolute Gasteiger partial charge is 0.143 e. The first-order valence-electron chi connectivity index (χ1n) is 17.7. The predicted molar refractivity (Wildman–Crippen MR) is 219 cm³/mol. The van der Waals surface area contributed by atoms with Gasteiger partial charge in [-0.25, -0.2) is 0 Å². The fourth-order valence-electron chi connectivity index (χ4n) is 8.32. The minimum absolute atomic E-state index is 0.945. The maximum atomic E-state index is 6.61. The molecule has 10 rings (SSSR count). The van der Waals surface area contributed by atoms with E-state index in [2.05, 4.69) is 194 Å². The molecule has 0 spiro atoms. The highest BCUT2D eigenvalue weighted by Crippen LogP contribution is 2.43. The van der Waals surface area contributed by atoms with Crippen molar-refractivity contribution in [2.24, 2.45) is 0 Å². The molecule has 0 unspecified atom stereocenters. The molecule has 2 nitrogen and oxygen atoms in total. The molecule has 0 saturated heterocycles. The van der Waals surface area contributed by atoms with Gasteiger partial charge < -0.3 is 9.32 Å². The third-order valence-electron chi connectivity index (χ3n) is 10.8. The monoisotopic (exact) mass is 669 g/mol. The molecule has 0 aliphatic carbocycles. The SMILES string of the molecule is C[Si]1(C)c2cc(N(c3cccc(-c4ccccc4)c3)c3cccc(-c4cccc5ccccc45)c3)ccc2-c2c1ccc1c2oc2ccccc21. The van der Waals surface area contributed by atoms with Crippen molar-refractivity contribution in [2.75, 3.05) is 4.90 Å². The third kappa shape index (κ3) is 4.70. The highest BCUT2D eigenvalue weighted by Gasteiger charge is 2.40. The standard InChI is InChI=1S/C48H35NOSi/c1-51(2)45-28-27-42-41-22-8-9-24-44(41)50-48(42)47(45)43-26-25-38(31-46(43)51)49(36-19-10-17-34(29-36)32-13-4-3-5-14-32)37-20-11-18-35(30-37)40-23-12-16-33-15-6-7-21-39(33)40/h3-31H,1-2H3. The molecule has 242 valence electrons. The molecule has 9 aromatic rings. The lowest BCUT2D eigenvalue weighted by atomic mass is 9.97. The fraction of sp³-hybridized carbons (Fsp3) is 0.0417. The van der Waals surface area contributed by atoms with Gasteiger partial charge in [-0.15, -0.1) is 0 Å². The van der Waals surface area contributed by atoms with E-state index in [1.165, 1.54) is 65.3 Å². The van der Waals surface area contributed by atoms with Crippen LogP contribution in [0.4, 0.5) is 17.1 Å². The Hall–Kier alpha value is -6.16. The van der Waals surface area contributed by atoms with Gasteiger partial charge in [-0.2, -0.15) is 0 Å². The van der Waals surface area contributed by atoms with E-state index in [4.69, 9.17) is 4.42 Å². The van der Waals surface area contributed by atoms with Crippen LogP contribution in [0.1, 0.15) is 0 Å². The second kappa shape index (κ2) is 11.4. The molecule has 0 amide bonds. The number of hydrogen-bond donors (Lipinski definition) is 0. The molecule has 8 aromatic carbocycles. The van der Waals surface area contributed by atoms with Crippen LogP contribution in [0.25, 0.3) is 66.1 Å². The van der Waals surface area contributed by atoms with Crippen molar-refractivity contribution in [3.8, 4) is 33.4 Å². The number of anilines is 3. The van der Waals surface area contributed by atoms with Gasteiger partial charge in [-0.3, -0.25) is 0 Å². The highest BCUT2D eigenvalue weighted by atomic mass is 28.3. The van der Waals surface area contributed by atoms with E-state index in [1.807, 2.05) is 0 Å². The Balaban J connectivity index is 1.17. The first kappa shape index (κ1) is 29.7. The lowest BCUT2D eigenvalue weighted by Gasteiger charge is -2.28. The van der Waals surface area contributed by atoms with Crippen molar-refractivity contribution in [1.29, 1.82) is 0 Å². The molecule has 1 aliphatic rings. The Kier molecular flexibility index (Phi) is 6.67. The van der Waals surface area contributed by atoms with Gasteiger partial charge in [0.2, 0.25) is 0 Å². The molecule has 0 atom stereocenters. The molecule has 51 heavy (non-hydrogen) atoms. The van der Waals surface area contributed by atoms with E-state index >= 15 is 0 Å². The number of benzene rings is 8. The Morgan fingerprint density at radius 1 is 0.431 bits per heavy atom. The number of fused-ring (bicyclic) bond motifs is 8. The van der Waals surface area contributed by atoms with Crippen molar-refractivity contribution >= 4 is 68.2 Å². The van der Waals surface area contributed by atoms with Crippen LogP contribution in [0.2, 0.25) is 13.1 Å². The molecule has 1 aromatic heterocycles. The summed E-state index contributed by atoms with van der Waals surface area (Å²) >= 11 is 0. The van der Waals surface area contributed by atoms with Crippen molar-refractivity contribution in [3.63, 3.8) is 0 Å². The number of hydrogen-bond acceptors (Lipinski definition) is 2. The van der Waals surface area contributed by atoms with Gasteiger partial charge in [0, 0.05) is 33.4 Å². The van der Waals surface area contributed by atoms with Crippen LogP contribution in [0.3, 0.4) is 0 Å². The minimum Gasteiger partial charge on any atom is -0.455 e. The number of furan rings is 1. The first-order valence-corrected chi connectivity index (χ1v) is 20.7. The van der Waals surface area contributed by atoms with Crippen LogP contribution >= 0.6 is 0 Å². The predicted octanol–water partition coefficient (Wildman–Crippen LogP) is 12.3. The molecule has 0 saturated carbocycles. The normalized spacial score (nSPS) is 13.1. The quantitative estimate of drug-likeness (QED) is 0.170. The minimum atomic E-state index is -2.07. The van der Waals surface area contributed by atoms with Gasteiger partial charge in [0.05, 0.1) is 0 Å². The van der Waals surface area contributed by atoms with Crippen molar-refractivity contribution in [2.45, 2.75) is 13.1 Å². The molecule has 0 fully saturated rings. The number of para-hydroxylation sites is 1. The van der Waals surface area contributed by atoms with E-state index in [-0.39, 0.29) is 0 Å². The third-order valence-corrected chi connectivity index (χ3v) is 14.4. The first-order chi connectivity index (χ1) is 25.0. The van der Waals surface area contributed by atoms with Gasteiger partial charge in [0.15, 0.2) is 0 Å². The molecule has 2 heterocycles. The van der Waals surface area contributed by atoms with E-state index in [0.717, 1.165) is 28.2 Å². The van der Waals surface area contributed by atoms with Crippen LogP contribution in [0, 0.1) is 0 Å². The van der Waals surface area contributed by atoms with E-state index < -0.39 is 8.07 Å². The summed E-state index contributed by atoms with van der Waals surface area (Å²) in [5.41, 5.74) is 12.8. The van der Waals surface area contributed by atoms with Crippen LogP contribution < -0.4 is 15.3 Å². The number of rotatable bonds is 5. The summed E-state index contributed by atoms with van der Waals surface area (Å²) in [6, 6.07) is 64.0. The lowest BCUT2D eigenvalue weighted by molar-refractivity contribution is 0.670. The average Bonchev–Trinajstić information content (AvgIpc) is 3.67. The molecule has 0 radical (unpaired) electrons. The Morgan fingerprint density at radius 2 is 1.08 bits per heavy atom. The van der Waals surface area contributed by atoms with Crippen LogP contribution in [-0.4, -0.2) is 8.07 Å². The maximum absolute atomic E-state index is 6.61. The molecule has 3 heteroatoms. The second-order valence-electron chi connectivity index (χ2n) is 14.1. The van der Waals surface area contributed by atoms with Gasteiger partial charge in [0.1, 0.15) is 19.2 Å². The zero-order chi connectivity index (χ0) is 34.1. The number of nitrogens with zero attached hydrogens (tertiary/aromatic N) is 1. The zero-order valence-electron chi connectivity index (χ0n) is 28.6. The van der Waals surface area contributed by atoms with Crippen LogP contribution in [0.5, 0.6) is 0 Å². The fourth-order valence-corrected chi connectivity index (χ4v) is 11.4. The summed E-state index contributed by atoms with van der Waals surface area (Å²) in [4.78, 5) is 2.44. The summed E-state index contributed by atoms with van der Waals surface area (Å²) < 4.78 is 6.61. The maximum Gasteiger partial charge on any atom is 0.143 e. The van der Waals surface area contributed by atoms with Gasteiger partial charge in [-0.1, -0.05) is 147 Å². The van der Waals surface area contributed by atoms with E-state index in [0.29, 0.717) is 0 Å². The summed E-state index contributed by atoms with van der Waals surface area (Å²) in [5, 5.41) is 7.76. The van der Waals surface area contributed by atoms with Crippen molar-refractivity contribution in [3.05, 3.63) is 176 Å². The van der Waals surface area contributed by atoms with Crippen molar-refractivity contribution < 1.29 is 4.42 Å². The molecule has 1 aliphatic heterocycles. The molecular weight excluding hydrogens is 635 g/mol. The Labute approximate surface area is 298 Å². The average molecular weight is 670 g/mol. The summed E-state index contributed by atoms with van der Waals surface area (Å²) in [5.74, 6) is 0. The molecule has 0 N–H and O–H groups in total. The zero-order valence-corrected chi connectivity index (χ0v) is 29.6. The second-order valence-corrected chi connectivity index (χ2v) is 18.5. The van der Waals surface area contributed by atoms with Crippen LogP contribution in [-0.2, 0) is 0 Å². The summed E-state index contributed by atoms with van der Waals surface area (Å²) in [6.07, 6.45) is 0. The van der Waals surface area contributed by atoms with Crippen molar-refractivity contribution in [1.82, 2.24) is 0 Å². The van der Waals surface area contributed by atoms with E-state index in [9.17, 15) is 0 Å². The largest absolute Gasteiger partial charge is 0.455 e. The highest BCUT2D eigenvalue weighted by molar-refractivity contribution is 7.04. The summed E-state index contributed by atoms with van der Waals surface area (Å²) in [6.45, 7) is 4.97. The van der Waals surface area contributed by atoms with Gasteiger partial charge in [0.25, 0.3) is 0 Å². The molecule has 0 bridgehead atoms. The van der Waals surface area contributed by atoms with Crippen LogP contribution in [0.15, 0.2) is 180 Å². The lowest BCUT2D eigenvalue weighted by Crippen LogP contribution is -2.49. The Morgan fingerprint density at radius 3 is 1.92 bits per heavy atom. The molecular formula is C48H35NOSi. The topological polar surface area (TPSA) is 16.4 Å². The Bertz CT molecular complexity index is 2790. The van der Waals surface area contributed by atoms with E-state index in [1.54, 1.807) is 0 Å². The van der Waals surface area contributed by atoms with Gasteiger partial charge >= 0.3 is 0 Å². The summed E-state index contributed by atoms with van der Waals surface area (Å²) in [7, 11) is -2.07.